The first-order valence-corrected chi connectivity index (χ1v) is 10.6. The highest BCUT2D eigenvalue weighted by Gasteiger charge is 2.49. The van der Waals surface area contributed by atoms with E-state index in [1.807, 2.05) is 6.07 Å². The van der Waals surface area contributed by atoms with E-state index in [-0.39, 0.29) is 36.2 Å². The van der Waals surface area contributed by atoms with Crippen LogP contribution in [0.25, 0.3) is 0 Å². The summed E-state index contributed by atoms with van der Waals surface area (Å²) in [6, 6.07) is 11.4. The smallest absolute Gasteiger partial charge is 0.251 e. The molecule has 0 radical (unpaired) electrons. The molecule has 2 aromatic rings. The molecule has 1 fully saturated rings. The molecule has 8 nitrogen and oxygen atoms in total. The van der Waals surface area contributed by atoms with Crippen molar-refractivity contribution in [3.05, 3.63) is 53.6 Å². The van der Waals surface area contributed by atoms with E-state index < -0.39 is 21.3 Å². The molecule has 2 aliphatic rings. The number of nitrogens with one attached hydrogen (secondary N) is 1. The molecular weight excluding hydrogens is 396 g/mol. The molecule has 0 saturated carbocycles. The summed E-state index contributed by atoms with van der Waals surface area (Å²) in [5.41, 5.74) is 0.251. The predicted octanol–water partition coefficient (Wildman–Crippen LogP) is 2.05. The fraction of sp³-hybridized carbons (Fsp3) is 0.300. The number of rotatable bonds is 4. The second kappa shape index (κ2) is 6.77. The number of benzene rings is 2. The molecule has 0 aromatic heterocycles. The van der Waals surface area contributed by atoms with Crippen LogP contribution >= 0.6 is 0 Å². The lowest BCUT2D eigenvalue weighted by molar-refractivity contribution is -0.123. The lowest BCUT2D eigenvalue weighted by Gasteiger charge is -2.18. The molecule has 0 spiro atoms. The molecular formula is C20H20N2O6S. The van der Waals surface area contributed by atoms with Crippen molar-refractivity contribution in [3.8, 4) is 11.5 Å². The molecule has 1 N–H and O–H groups in total. The highest BCUT2D eigenvalue weighted by Crippen LogP contribution is 2.36. The predicted molar refractivity (Wildman–Crippen MR) is 105 cm³/mol. The van der Waals surface area contributed by atoms with Gasteiger partial charge in [0.05, 0.1) is 16.9 Å². The van der Waals surface area contributed by atoms with E-state index >= 15 is 0 Å². The normalized spacial score (nSPS) is 18.7. The molecule has 2 aliphatic heterocycles. The van der Waals surface area contributed by atoms with Gasteiger partial charge >= 0.3 is 0 Å². The third-order valence-corrected chi connectivity index (χ3v) is 6.84. The van der Waals surface area contributed by atoms with Crippen LogP contribution in [0.4, 0.5) is 5.69 Å². The molecule has 152 valence electrons. The Labute approximate surface area is 168 Å². The molecule has 0 unspecified atom stereocenters. The number of hydrogen-bond acceptors (Lipinski definition) is 6. The Balaban J connectivity index is 1.51. The van der Waals surface area contributed by atoms with Crippen molar-refractivity contribution in [3.63, 3.8) is 0 Å². The summed E-state index contributed by atoms with van der Waals surface area (Å²) in [7, 11) is -3.77. The van der Waals surface area contributed by atoms with Crippen molar-refractivity contribution >= 4 is 27.5 Å². The van der Waals surface area contributed by atoms with Gasteiger partial charge in [-0.05, 0) is 49.7 Å². The summed E-state index contributed by atoms with van der Waals surface area (Å²) in [4.78, 5) is 25.1. The Morgan fingerprint density at radius 2 is 1.90 bits per heavy atom. The second-order valence-electron chi connectivity index (χ2n) is 7.63. The van der Waals surface area contributed by atoms with Gasteiger partial charge in [-0.1, -0.05) is 12.1 Å². The van der Waals surface area contributed by atoms with Crippen LogP contribution in [0, 0.1) is 5.41 Å². The minimum absolute atomic E-state index is 0.163. The highest BCUT2D eigenvalue weighted by atomic mass is 32.2. The first kappa shape index (κ1) is 19.3. The summed E-state index contributed by atoms with van der Waals surface area (Å²) in [5, 5.41) is 2.78. The molecule has 29 heavy (non-hydrogen) atoms. The first-order valence-electron chi connectivity index (χ1n) is 9.02. The lowest BCUT2D eigenvalue weighted by atomic mass is 9.95. The zero-order chi connectivity index (χ0) is 20.8. The van der Waals surface area contributed by atoms with E-state index in [4.69, 9.17) is 9.47 Å². The van der Waals surface area contributed by atoms with Gasteiger partial charge in [0, 0.05) is 12.1 Å². The molecule has 0 aliphatic carbocycles. The molecule has 2 heterocycles. The topological polar surface area (TPSA) is 102 Å². The monoisotopic (exact) mass is 416 g/mol. The van der Waals surface area contributed by atoms with Crippen molar-refractivity contribution in [1.29, 1.82) is 0 Å². The van der Waals surface area contributed by atoms with Crippen LogP contribution in [-0.2, 0) is 21.4 Å². The van der Waals surface area contributed by atoms with Crippen molar-refractivity contribution in [2.45, 2.75) is 20.4 Å². The Hall–Kier alpha value is -3.07. The molecule has 1 saturated heterocycles. The van der Waals surface area contributed by atoms with E-state index in [2.05, 4.69) is 5.32 Å². The third kappa shape index (κ3) is 3.53. The van der Waals surface area contributed by atoms with Gasteiger partial charge in [0.1, 0.15) is 0 Å². The van der Waals surface area contributed by atoms with Crippen molar-refractivity contribution in [1.82, 2.24) is 5.32 Å². The zero-order valence-corrected chi connectivity index (χ0v) is 16.8. The number of anilines is 1. The van der Waals surface area contributed by atoms with Gasteiger partial charge in [-0.2, -0.15) is 0 Å². The summed E-state index contributed by atoms with van der Waals surface area (Å²) in [6.07, 6.45) is 0. The maximum atomic E-state index is 12.6. The summed E-state index contributed by atoms with van der Waals surface area (Å²) < 4.78 is 36.3. The molecule has 2 amide bonds. The van der Waals surface area contributed by atoms with Gasteiger partial charge < -0.3 is 14.8 Å². The summed E-state index contributed by atoms with van der Waals surface area (Å²) >= 11 is 0. The minimum Gasteiger partial charge on any atom is -0.454 e. The number of hydrogen-bond donors (Lipinski definition) is 1. The fourth-order valence-corrected chi connectivity index (χ4v) is 5.47. The summed E-state index contributed by atoms with van der Waals surface area (Å²) in [6.45, 7) is 3.62. The number of ether oxygens (including phenoxy) is 2. The number of fused-ring (bicyclic) bond motifs is 1. The van der Waals surface area contributed by atoms with Crippen LogP contribution in [0.15, 0.2) is 42.5 Å². The van der Waals surface area contributed by atoms with Gasteiger partial charge in [0.15, 0.2) is 11.5 Å². The second-order valence-corrected chi connectivity index (χ2v) is 9.45. The molecule has 9 heteroatoms. The van der Waals surface area contributed by atoms with Crippen LogP contribution in [0.1, 0.15) is 29.8 Å². The van der Waals surface area contributed by atoms with E-state index in [0.29, 0.717) is 11.5 Å². The van der Waals surface area contributed by atoms with Gasteiger partial charge in [-0.25, -0.2) is 12.7 Å². The largest absolute Gasteiger partial charge is 0.454 e. The van der Waals surface area contributed by atoms with Crippen molar-refractivity contribution in [2.75, 3.05) is 16.9 Å². The van der Waals surface area contributed by atoms with E-state index in [0.717, 1.165) is 9.87 Å². The number of sulfonamides is 1. The maximum Gasteiger partial charge on any atom is 0.251 e. The average molecular weight is 416 g/mol. The number of nitrogens with zero attached hydrogens (tertiary/aromatic N) is 1. The Morgan fingerprint density at radius 3 is 2.62 bits per heavy atom. The zero-order valence-electron chi connectivity index (χ0n) is 16.0. The lowest BCUT2D eigenvalue weighted by Crippen LogP contribution is -2.33. The van der Waals surface area contributed by atoms with Gasteiger partial charge in [-0.15, -0.1) is 0 Å². The van der Waals surface area contributed by atoms with E-state index in [1.54, 1.807) is 38.1 Å². The minimum atomic E-state index is -3.77. The Bertz CT molecular complexity index is 1110. The Kier molecular flexibility index (Phi) is 4.49. The van der Waals surface area contributed by atoms with E-state index in [1.165, 1.54) is 12.1 Å². The van der Waals surface area contributed by atoms with Crippen LogP contribution in [0.3, 0.4) is 0 Å². The van der Waals surface area contributed by atoms with Gasteiger partial charge in [0.25, 0.3) is 5.91 Å². The molecule has 0 bridgehead atoms. The van der Waals surface area contributed by atoms with Gasteiger partial charge in [0.2, 0.25) is 22.7 Å². The third-order valence-electron chi connectivity index (χ3n) is 4.82. The van der Waals surface area contributed by atoms with Crippen LogP contribution in [0.2, 0.25) is 0 Å². The molecule has 4 rings (SSSR count). The van der Waals surface area contributed by atoms with Crippen molar-refractivity contribution < 1.29 is 27.5 Å². The number of amides is 2. The quantitative estimate of drug-likeness (QED) is 0.819. The molecule has 2 aromatic carbocycles. The standard InChI is InChI=1S/C20H20N2O6S/c1-20(2)11-29(25,26)22(19(20)24)15-5-3-4-14(9-15)18(23)21-10-13-6-7-16-17(8-13)28-12-27-16/h3-9H,10-12H2,1-2H3,(H,21,23). The van der Waals surface area contributed by atoms with Crippen molar-refractivity contribution in [2.24, 2.45) is 5.41 Å². The highest BCUT2D eigenvalue weighted by molar-refractivity contribution is 7.94. The average Bonchev–Trinajstić information content (AvgIpc) is 3.18. The van der Waals surface area contributed by atoms with E-state index in [9.17, 15) is 18.0 Å². The first-order chi connectivity index (χ1) is 13.7. The number of carbonyl (C=O) groups is 2. The molecule has 0 atom stereocenters. The van der Waals surface area contributed by atoms with Crippen LogP contribution < -0.4 is 19.1 Å². The SMILES string of the molecule is CC1(C)CS(=O)(=O)N(c2cccc(C(=O)NCc3ccc4c(c3)OCO4)c2)C1=O. The van der Waals surface area contributed by atoms with Gasteiger partial charge in [-0.3, -0.25) is 9.59 Å². The Morgan fingerprint density at radius 1 is 1.14 bits per heavy atom. The fourth-order valence-electron chi connectivity index (χ4n) is 3.37. The summed E-state index contributed by atoms with van der Waals surface area (Å²) in [5.74, 6) is 0.133. The number of carbonyl (C=O) groups excluding carboxylic acids is 2. The van der Waals surface area contributed by atoms with Crippen LogP contribution in [-0.4, -0.2) is 32.8 Å². The maximum absolute atomic E-state index is 12.6. The van der Waals surface area contributed by atoms with Crippen LogP contribution in [0.5, 0.6) is 11.5 Å².